The van der Waals surface area contributed by atoms with Crippen LogP contribution in [-0.2, 0) is 11.2 Å². The highest BCUT2D eigenvalue weighted by Crippen LogP contribution is 2.38. The zero-order chi connectivity index (χ0) is 22.7. The summed E-state index contributed by atoms with van der Waals surface area (Å²) in [6, 6.07) is 14.6. The summed E-state index contributed by atoms with van der Waals surface area (Å²) in [4.78, 5) is 29.9. The van der Waals surface area contributed by atoms with Crippen LogP contribution in [0.5, 0.6) is 11.5 Å². The lowest BCUT2D eigenvalue weighted by molar-refractivity contribution is -0.125. The standard InChI is InChI=1S/C25H27N3O4/c1-4-11-28-21-16-27(12-10-17-8-6-5-7-9-17)24(29)22(21)23(26-25(28)30)18-13-19(31-2)15-20(14-18)32-3/h4-9,13-15,23H,1,10-12,16H2,2-3H3,(H,26,30)/t23-/m0/s1. The SMILES string of the molecule is C=CCN1C(=O)N[C@@H](c2cc(OC)cc(OC)c2)C2=C1CN(CCc1ccccc1)C2=O. The van der Waals surface area contributed by atoms with Crippen LogP contribution in [0.3, 0.4) is 0 Å². The Morgan fingerprint density at radius 3 is 2.41 bits per heavy atom. The maximum absolute atomic E-state index is 13.5. The number of methoxy groups -OCH3 is 2. The number of carbonyl (C=O) groups is 2. The molecule has 0 aliphatic carbocycles. The van der Waals surface area contributed by atoms with Crippen molar-refractivity contribution in [3.05, 3.63) is 83.6 Å². The summed E-state index contributed by atoms with van der Waals surface area (Å²) >= 11 is 0. The van der Waals surface area contributed by atoms with Crippen LogP contribution in [0.1, 0.15) is 17.2 Å². The van der Waals surface area contributed by atoms with Gasteiger partial charge in [-0.3, -0.25) is 9.69 Å². The maximum atomic E-state index is 13.5. The molecule has 2 heterocycles. The first kappa shape index (κ1) is 21.5. The zero-order valence-electron chi connectivity index (χ0n) is 18.3. The molecular formula is C25H27N3O4. The Bertz CT molecular complexity index is 1040. The molecule has 2 aliphatic rings. The molecule has 1 N–H and O–H groups in total. The Morgan fingerprint density at radius 2 is 1.78 bits per heavy atom. The number of carbonyl (C=O) groups excluding carboxylic acids is 2. The number of hydrogen-bond donors (Lipinski definition) is 1. The van der Waals surface area contributed by atoms with Gasteiger partial charge in [0.25, 0.3) is 5.91 Å². The Balaban J connectivity index is 1.68. The first-order chi connectivity index (χ1) is 15.5. The lowest BCUT2D eigenvalue weighted by Gasteiger charge is -2.33. The van der Waals surface area contributed by atoms with E-state index in [4.69, 9.17) is 9.47 Å². The van der Waals surface area contributed by atoms with E-state index in [9.17, 15) is 9.59 Å². The summed E-state index contributed by atoms with van der Waals surface area (Å²) < 4.78 is 10.8. The molecule has 2 aromatic rings. The van der Waals surface area contributed by atoms with Crippen LogP contribution in [0.2, 0.25) is 0 Å². The van der Waals surface area contributed by atoms with E-state index < -0.39 is 6.04 Å². The number of ether oxygens (including phenoxy) is 2. The van der Waals surface area contributed by atoms with Gasteiger partial charge < -0.3 is 19.7 Å². The number of nitrogens with zero attached hydrogens (tertiary/aromatic N) is 2. The van der Waals surface area contributed by atoms with Gasteiger partial charge >= 0.3 is 6.03 Å². The van der Waals surface area contributed by atoms with Gasteiger partial charge in [-0.15, -0.1) is 6.58 Å². The lowest BCUT2D eigenvalue weighted by Crippen LogP contribution is -2.47. The fourth-order valence-electron chi connectivity index (χ4n) is 4.21. The first-order valence-electron chi connectivity index (χ1n) is 10.5. The van der Waals surface area contributed by atoms with Gasteiger partial charge in [-0.2, -0.15) is 0 Å². The molecule has 3 amide bonds. The van der Waals surface area contributed by atoms with Gasteiger partial charge in [-0.25, -0.2) is 4.79 Å². The average molecular weight is 434 g/mol. The normalized spacial score (nSPS) is 17.9. The molecule has 2 aliphatic heterocycles. The van der Waals surface area contributed by atoms with Crippen molar-refractivity contribution in [3.8, 4) is 11.5 Å². The van der Waals surface area contributed by atoms with E-state index in [0.717, 1.165) is 23.2 Å². The van der Waals surface area contributed by atoms with E-state index in [1.54, 1.807) is 36.2 Å². The van der Waals surface area contributed by atoms with Gasteiger partial charge in [0.2, 0.25) is 0 Å². The molecular weight excluding hydrogens is 406 g/mol. The molecule has 4 rings (SSSR count). The Labute approximate surface area is 187 Å². The van der Waals surface area contributed by atoms with Crippen molar-refractivity contribution in [3.63, 3.8) is 0 Å². The monoisotopic (exact) mass is 433 g/mol. The molecule has 0 bridgehead atoms. The minimum atomic E-state index is -0.586. The first-order valence-corrected chi connectivity index (χ1v) is 10.5. The zero-order valence-corrected chi connectivity index (χ0v) is 18.3. The van der Waals surface area contributed by atoms with Gasteiger partial charge in [0, 0.05) is 19.2 Å². The number of hydrogen-bond acceptors (Lipinski definition) is 4. The van der Waals surface area contributed by atoms with Crippen LogP contribution in [-0.4, -0.2) is 55.6 Å². The molecule has 0 fully saturated rings. The molecule has 0 saturated heterocycles. The second kappa shape index (κ2) is 9.18. The van der Waals surface area contributed by atoms with E-state index in [1.807, 2.05) is 42.5 Å². The van der Waals surface area contributed by atoms with Crippen molar-refractivity contribution in [1.82, 2.24) is 15.1 Å². The van der Waals surface area contributed by atoms with Crippen LogP contribution >= 0.6 is 0 Å². The third kappa shape index (κ3) is 4.06. The van der Waals surface area contributed by atoms with Crippen LogP contribution in [0, 0.1) is 0 Å². The summed E-state index contributed by atoms with van der Waals surface area (Å²) in [5, 5.41) is 2.99. The van der Waals surface area contributed by atoms with Crippen molar-refractivity contribution < 1.29 is 19.1 Å². The van der Waals surface area contributed by atoms with Crippen LogP contribution in [0.15, 0.2) is 72.5 Å². The molecule has 7 heteroatoms. The predicted octanol–water partition coefficient (Wildman–Crippen LogP) is 3.30. The van der Waals surface area contributed by atoms with Gasteiger partial charge in [0.15, 0.2) is 0 Å². The topological polar surface area (TPSA) is 71.1 Å². The summed E-state index contributed by atoms with van der Waals surface area (Å²) in [7, 11) is 3.14. The molecule has 0 radical (unpaired) electrons. The molecule has 32 heavy (non-hydrogen) atoms. The van der Waals surface area contributed by atoms with Gasteiger partial charge in [0.1, 0.15) is 11.5 Å². The fraction of sp³-hybridized carbons (Fsp3) is 0.280. The number of nitrogens with one attached hydrogen (secondary N) is 1. The molecule has 0 aromatic heterocycles. The predicted molar refractivity (Wildman–Crippen MR) is 121 cm³/mol. The summed E-state index contributed by atoms with van der Waals surface area (Å²) in [6.07, 6.45) is 2.41. The fourth-order valence-corrected chi connectivity index (χ4v) is 4.21. The van der Waals surface area contributed by atoms with Crippen molar-refractivity contribution in [2.45, 2.75) is 12.5 Å². The van der Waals surface area contributed by atoms with Crippen molar-refractivity contribution in [2.75, 3.05) is 33.9 Å². The smallest absolute Gasteiger partial charge is 0.322 e. The molecule has 166 valence electrons. The average Bonchev–Trinajstić information content (AvgIpc) is 3.15. The number of urea groups is 1. The van der Waals surface area contributed by atoms with Crippen molar-refractivity contribution in [2.24, 2.45) is 0 Å². The minimum Gasteiger partial charge on any atom is -0.497 e. The molecule has 1 atom stereocenters. The molecule has 0 spiro atoms. The molecule has 0 saturated carbocycles. The van der Waals surface area contributed by atoms with E-state index in [1.165, 1.54) is 0 Å². The number of benzene rings is 2. The highest BCUT2D eigenvalue weighted by atomic mass is 16.5. The van der Waals surface area contributed by atoms with Crippen LogP contribution < -0.4 is 14.8 Å². The Morgan fingerprint density at radius 1 is 1.09 bits per heavy atom. The van der Waals surface area contributed by atoms with Gasteiger partial charge in [-0.1, -0.05) is 36.4 Å². The lowest BCUT2D eigenvalue weighted by atomic mass is 9.95. The minimum absolute atomic E-state index is 0.0724. The van der Waals surface area contributed by atoms with Gasteiger partial charge in [-0.05, 0) is 29.7 Å². The number of rotatable bonds is 8. The van der Waals surface area contributed by atoms with Crippen molar-refractivity contribution in [1.29, 1.82) is 0 Å². The van der Waals surface area contributed by atoms with Crippen molar-refractivity contribution >= 4 is 11.9 Å². The van der Waals surface area contributed by atoms with Crippen LogP contribution in [0.25, 0.3) is 0 Å². The molecule has 0 unspecified atom stereocenters. The van der Waals surface area contributed by atoms with E-state index in [-0.39, 0.29) is 11.9 Å². The Hall–Kier alpha value is -3.74. The highest BCUT2D eigenvalue weighted by molar-refractivity contribution is 6.01. The summed E-state index contributed by atoms with van der Waals surface area (Å²) in [5.41, 5.74) is 3.20. The number of amides is 3. The molecule has 2 aromatic carbocycles. The molecule has 7 nitrogen and oxygen atoms in total. The largest absolute Gasteiger partial charge is 0.497 e. The summed E-state index contributed by atoms with van der Waals surface area (Å²) in [6.45, 7) is 5.05. The van der Waals surface area contributed by atoms with E-state index >= 15 is 0 Å². The maximum Gasteiger partial charge on any atom is 0.322 e. The second-order valence-electron chi connectivity index (χ2n) is 7.75. The summed E-state index contributed by atoms with van der Waals surface area (Å²) in [5.74, 6) is 1.11. The highest BCUT2D eigenvalue weighted by Gasteiger charge is 2.43. The van der Waals surface area contributed by atoms with E-state index in [2.05, 4.69) is 11.9 Å². The quantitative estimate of drug-likeness (QED) is 0.649. The Kier molecular flexibility index (Phi) is 6.16. The van der Waals surface area contributed by atoms with Gasteiger partial charge in [0.05, 0.1) is 38.1 Å². The third-order valence-corrected chi connectivity index (χ3v) is 5.83. The van der Waals surface area contributed by atoms with E-state index in [0.29, 0.717) is 36.7 Å². The third-order valence-electron chi connectivity index (χ3n) is 5.83. The second-order valence-corrected chi connectivity index (χ2v) is 7.75. The van der Waals surface area contributed by atoms with Crippen LogP contribution in [0.4, 0.5) is 4.79 Å².